The summed E-state index contributed by atoms with van der Waals surface area (Å²) in [5, 5.41) is 0. The lowest BCUT2D eigenvalue weighted by Crippen LogP contribution is -2.35. The molecule has 0 aliphatic carbocycles. The third kappa shape index (κ3) is 9.16. The van der Waals surface area contributed by atoms with Gasteiger partial charge in [0, 0.05) is 30.3 Å². The van der Waals surface area contributed by atoms with E-state index in [1.165, 1.54) is 100 Å². The van der Waals surface area contributed by atoms with E-state index in [9.17, 15) is 0 Å². The predicted molar refractivity (Wildman–Crippen MR) is 160 cm³/mol. The van der Waals surface area contributed by atoms with Crippen LogP contribution in [0.15, 0.2) is 73.1 Å². The first-order chi connectivity index (χ1) is 18.2. The zero-order valence-electron chi connectivity index (χ0n) is 24.0. The molecule has 3 rings (SSSR count). The Morgan fingerprint density at radius 2 is 1.24 bits per heavy atom. The maximum absolute atomic E-state index is 4.96. The molecule has 202 valence electrons. The van der Waals surface area contributed by atoms with Crippen molar-refractivity contribution in [2.75, 3.05) is 0 Å². The second-order valence-electron chi connectivity index (χ2n) is 11.2. The van der Waals surface area contributed by atoms with E-state index in [1.54, 1.807) is 0 Å². The lowest BCUT2D eigenvalue weighted by atomic mass is 9.66. The molecule has 2 nitrogen and oxygen atoms in total. The van der Waals surface area contributed by atoms with E-state index in [4.69, 9.17) is 4.98 Å². The molecular weight excluding hydrogens is 448 g/mol. The fourth-order valence-corrected chi connectivity index (χ4v) is 6.09. The van der Waals surface area contributed by atoms with Crippen LogP contribution in [0.4, 0.5) is 0 Å². The highest BCUT2D eigenvalue weighted by Gasteiger charge is 2.39. The van der Waals surface area contributed by atoms with Gasteiger partial charge in [0.2, 0.25) is 0 Å². The van der Waals surface area contributed by atoms with Crippen molar-refractivity contribution in [1.29, 1.82) is 0 Å². The lowest BCUT2D eigenvalue weighted by molar-refractivity contribution is 0.323. The van der Waals surface area contributed by atoms with E-state index in [2.05, 4.69) is 92.2 Å². The summed E-state index contributed by atoms with van der Waals surface area (Å²) < 4.78 is 2.37. The van der Waals surface area contributed by atoms with E-state index in [1.807, 2.05) is 6.20 Å². The van der Waals surface area contributed by atoms with Gasteiger partial charge in [-0.05, 0) is 30.9 Å². The molecule has 0 spiro atoms. The van der Waals surface area contributed by atoms with E-state index < -0.39 is 0 Å². The molecule has 2 atom stereocenters. The van der Waals surface area contributed by atoms with Gasteiger partial charge in [0.15, 0.2) is 0 Å². The number of rotatable bonds is 19. The predicted octanol–water partition coefficient (Wildman–Crippen LogP) is 10.3. The maximum Gasteiger partial charge on any atom is 0.112 e. The van der Waals surface area contributed by atoms with Crippen LogP contribution < -0.4 is 0 Å². The Bertz CT molecular complexity index is 961. The van der Waals surface area contributed by atoms with E-state index in [0.717, 1.165) is 13.0 Å². The number of imidazole rings is 1. The standard InChI is InChI=1S/C35H52N2/c1-4-6-7-8-9-10-11-12-13-14-15-22-27-33(34-36-28-29-37(34)5-2)35(3,32-25-20-17-21-26-32)30-31-23-18-16-19-24-31/h16-21,23-26,28-29,33H,4-15,22,27,30H2,1-3H3. The van der Waals surface area contributed by atoms with Crippen molar-refractivity contribution >= 4 is 0 Å². The van der Waals surface area contributed by atoms with Crippen LogP contribution in [0, 0.1) is 0 Å². The van der Waals surface area contributed by atoms with Crippen LogP contribution in [0.5, 0.6) is 0 Å². The second-order valence-corrected chi connectivity index (χ2v) is 11.2. The van der Waals surface area contributed by atoms with Gasteiger partial charge in [-0.2, -0.15) is 0 Å². The summed E-state index contributed by atoms with van der Waals surface area (Å²) in [6.07, 6.45) is 23.1. The summed E-state index contributed by atoms with van der Waals surface area (Å²) >= 11 is 0. The van der Waals surface area contributed by atoms with Crippen molar-refractivity contribution in [1.82, 2.24) is 9.55 Å². The monoisotopic (exact) mass is 500 g/mol. The van der Waals surface area contributed by atoms with Gasteiger partial charge in [-0.3, -0.25) is 0 Å². The molecule has 0 saturated carbocycles. The molecule has 0 radical (unpaired) electrons. The number of aryl methyl sites for hydroxylation is 1. The third-order valence-electron chi connectivity index (χ3n) is 8.36. The molecule has 0 aliphatic heterocycles. The van der Waals surface area contributed by atoms with E-state index in [-0.39, 0.29) is 5.41 Å². The van der Waals surface area contributed by atoms with Gasteiger partial charge in [-0.1, -0.05) is 152 Å². The van der Waals surface area contributed by atoms with Crippen LogP contribution in [-0.4, -0.2) is 9.55 Å². The molecule has 1 heterocycles. The minimum atomic E-state index is -0.0152. The first-order valence-corrected chi connectivity index (χ1v) is 15.3. The van der Waals surface area contributed by atoms with Crippen molar-refractivity contribution < 1.29 is 0 Å². The summed E-state index contributed by atoms with van der Waals surface area (Å²) in [7, 11) is 0. The van der Waals surface area contributed by atoms with Gasteiger partial charge >= 0.3 is 0 Å². The summed E-state index contributed by atoms with van der Waals surface area (Å²) in [5.74, 6) is 1.64. The Labute approximate surface area is 227 Å². The van der Waals surface area contributed by atoms with Gasteiger partial charge < -0.3 is 4.57 Å². The molecule has 2 aromatic carbocycles. The van der Waals surface area contributed by atoms with Crippen LogP contribution in [0.25, 0.3) is 0 Å². The lowest BCUT2D eigenvalue weighted by Gasteiger charge is -2.39. The SMILES string of the molecule is CCCCCCCCCCCCCCC(c1nccn1CC)C(C)(Cc1ccccc1)c1ccccc1. The Morgan fingerprint density at radius 3 is 1.81 bits per heavy atom. The number of nitrogens with zero attached hydrogens (tertiary/aromatic N) is 2. The number of benzene rings is 2. The van der Waals surface area contributed by atoms with Gasteiger partial charge in [0.25, 0.3) is 0 Å². The Hall–Kier alpha value is -2.35. The average Bonchev–Trinajstić information content (AvgIpc) is 3.40. The van der Waals surface area contributed by atoms with Gasteiger partial charge in [0.05, 0.1) is 0 Å². The first kappa shape index (κ1) is 29.2. The van der Waals surface area contributed by atoms with Crippen LogP contribution in [0.1, 0.15) is 127 Å². The normalized spacial score (nSPS) is 13.9. The average molecular weight is 501 g/mol. The summed E-state index contributed by atoms with van der Waals surface area (Å²) in [6.45, 7) is 7.99. The zero-order valence-corrected chi connectivity index (χ0v) is 24.0. The highest BCUT2D eigenvalue weighted by atomic mass is 15.1. The molecule has 0 N–H and O–H groups in total. The second kappa shape index (κ2) is 16.5. The Balaban J connectivity index is 1.63. The molecule has 0 amide bonds. The fraction of sp³-hybridized carbons (Fsp3) is 0.571. The highest BCUT2D eigenvalue weighted by Crippen LogP contribution is 2.44. The molecule has 0 saturated heterocycles. The molecule has 37 heavy (non-hydrogen) atoms. The smallest absolute Gasteiger partial charge is 0.112 e. The minimum absolute atomic E-state index is 0.0152. The highest BCUT2D eigenvalue weighted by molar-refractivity contribution is 5.33. The third-order valence-corrected chi connectivity index (χ3v) is 8.36. The van der Waals surface area contributed by atoms with Gasteiger partial charge in [0.1, 0.15) is 5.82 Å². The molecule has 0 fully saturated rings. The zero-order chi connectivity index (χ0) is 26.2. The topological polar surface area (TPSA) is 17.8 Å². The van der Waals surface area contributed by atoms with Crippen LogP contribution >= 0.6 is 0 Å². The van der Waals surface area contributed by atoms with Crippen molar-refractivity contribution in [2.24, 2.45) is 0 Å². The van der Waals surface area contributed by atoms with Gasteiger partial charge in [-0.15, -0.1) is 0 Å². The Kier molecular flexibility index (Phi) is 13.0. The van der Waals surface area contributed by atoms with Crippen molar-refractivity contribution in [3.63, 3.8) is 0 Å². The molecule has 1 aromatic heterocycles. The number of unbranched alkanes of at least 4 members (excludes halogenated alkanes) is 11. The summed E-state index contributed by atoms with van der Waals surface area (Å²) in [5.41, 5.74) is 2.81. The molecule has 2 unspecified atom stereocenters. The van der Waals surface area contributed by atoms with E-state index in [0.29, 0.717) is 5.92 Å². The fourth-order valence-electron chi connectivity index (χ4n) is 6.09. The maximum atomic E-state index is 4.96. The summed E-state index contributed by atoms with van der Waals surface area (Å²) in [6, 6.07) is 22.2. The van der Waals surface area contributed by atoms with Gasteiger partial charge in [-0.25, -0.2) is 4.98 Å². The molecule has 2 heteroatoms. The molecule has 0 aliphatic rings. The van der Waals surface area contributed by atoms with Crippen LogP contribution in [-0.2, 0) is 18.4 Å². The summed E-state index contributed by atoms with van der Waals surface area (Å²) in [4.78, 5) is 4.96. The first-order valence-electron chi connectivity index (χ1n) is 15.3. The quantitative estimate of drug-likeness (QED) is 0.150. The molecule has 0 bridgehead atoms. The number of hydrogen-bond acceptors (Lipinski definition) is 1. The number of hydrogen-bond donors (Lipinski definition) is 0. The van der Waals surface area contributed by atoms with Crippen LogP contribution in [0.2, 0.25) is 0 Å². The number of aromatic nitrogens is 2. The minimum Gasteiger partial charge on any atom is -0.335 e. The molecular formula is C35H52N2. The van der Waals surface area contributed by atoms with Crippen molar-refractivity contribution in [2.45, 2.75) is 129 Å². The van der Waals surface area contributed by atoms with Crippen molar-refractivity contribution in [3.05, 3.63) is 90.0 Å². The van der Waals surface area contributed by atoms with Crippen LogP contribution in [0.3, 0.4) is 0 Å². The molecule has 3 aromatic rings. The van der Waals surface area contributed by atoms with E-state index >= 15 is 0 Å². The Morgan fingerprint density at radius 1 is 0.703 bits per heavy atom. The largest absolute Gasteiger partial charge is 0.335 e. The van der Waals surface area contributed by atoms with Crippen molar-refractivity contribution in [3.8, 4) is 0 Å².